The minimum Gasteiger partial charge on any atom is -0.346 e. The van der Waals surface area contributed by atoms with E-state index in [-0.39, 0.29) is 29.7 Å². The van der Waals surface area contributed by atoms with Gasteiger partial charge in [-0.25, -0.2) is 0 Å². The van der Waals surface area contributed by atoms with E-state index in [2.05, 4.69) is 345 Å². The predicted molar refractivity (Wildman–Crippen MR) is 444 cm³/mol. The molecule has 0 unspecified atom stereocenters. The Morgan fingerprint density at radius 3 is 0.991 bits per heavy atom. The third-order valence-electron chi connectivity index (χ3n) is 22.3. The summed E-state index contributed by atoms with van der Waals surface area (Å²) in [5.74, 6) is 0. The maximum atomic E-state index is 5.96. The lowest BCUT2D eigenvalue weighted by molar-refractivity contribution is -0.0443. The van der Waals surface area contributed by atoms with Crippen molar-refractivity contribution in [2.45, 2.75) is 70.2 Å². The molecule has 0 aromatic heterocycles. The molecular formula is C99H83BrN2O6. The topological polar surface area (TPSA) is 61.9 Å². The fourth-order valence-electron chi connectivity index (χ4n) is 17.0. The molecule has 3 saturated heterocycles. The smallest absolute Gasteiger partial charge is 0.184 e. The first-order valence-corrected chi connectivity index (χ1v) is 38.5. The van der Waals surface area contributed by atoms with Crippen molar-refractivity contribution in [1.82, 2.24) is 0 Å². The van der Waals surface area contributed by atoms with E-state index < -0.39 is 0 Å². The lowest BCUT2D eigenvalue weighted by atomic mass is 9.81. The van der Waals surface area contributed by atoms with E-state index in [9.17, 15) is 0 Å². The third-order valence-corrected chi connectivity index (χ3v) is 22.8. The summed E-state index contributed by atoms with van der Waals surface area (Å²) < 4.78 is 35.6. The summed E-state index contributed by atoms with van der Waals surface area (Å²) >= 11 is 3.40. The van der Waals surface area contributed by atoms with Gasteiger partial charge in [0, 0.05) is 65.5 Å². The second kappa shape index (κ2) is 29.4. The van der Waals surface area contributed by atoms with Gasteiger partial charge in [-0.3, -0.25) is 0 Å². The van der Waals surface area contributed by atoms with Gasteiger partial charge in [-0.2, -0.15) is 0 Å². The summed E-state index contributed by atoms with van der Waals surface area (Å²) in [4.78, 5) is 4.77. The molecule has 9 heteroatoms. The number of ether oxygens (including phenoxy) is 6. The van der Waals surface area contributed by atoms with Gasteiger partial charge in [0.25, 0.3) is 0 Å². The summed E-state index contributed by atoms with van der Waals surface area (Å²) in [5, 5.41) is 10.1. The molecule has 15 aromatic rings. The number of rotatable bonds is 13. The molecule has 3 fully saturated rings. The normalized spacial score (nSPS) is 15.5. The van der Waals surface area contributed by atoms with Crippen LogP contribution < -0.4 is 9.80 Å². The van der Waals surface area contributed by atoms with Gasteiger partial charge in [0.15, 0.2) is 18.9 Å². The highest BCUT2D eigenvalue weighted by atomic mass is 79.9. The zero-order valence-electron chi connectivity index (χ0n) is 61.1. The summed E-state index contributed by atoms with van der Waals surface area (Å²) in [7, 11) is 0. The summed E-state index contributed by atoms with van der Waals surface area (Å²) in [6, 6.07) is 115. The number of benzene rings is 15. The quantitative estimate of drug-likeness (QED) is 0.113. The van der Waals surface area contributed by atoms with Gasteiger partial charge in [0.2, 0.25) is 0 Å². The molecule has 108 heavy (non-hydrogen) atoms. The van der Waals surface area contributed by atoms with Gasteiger partial charge in [0.05, 0.1) is 51.0 Å². The number of anilines is 6. The van der Waals surface area contributed by atoms with Crippen molar-refractivity contribution in [3.8, 4) is 22.3 Å². The first-order valence-electron chi connectivity index (χ1n) is 37.7. The molecule has 0 radical (unpaired) electrons. The summed E-state index contributed by atoms with van der Waals surface area (Å²) in [6.07, 6.45) is 1.00. The first-order chi connectivity index (χ1) is 52.9. The van der Waals surface area contributed by atoms with E-state index in [1.165, 1.54) is 110 Å². The molecule has 3 aliphatic heterocycles. The van der Waals surface area contributed by atoms with Crippen molar-refractivity contribution >= 4 is 93.1 Å². The van der Waals surface area contributed by atoms with Crippen molar-refractivity contribution in [3.63, 3.8) is 0 Å². The molecular weight excluding hydrogens is 1390 g/mol. The maximum Gasteiger partial charge on any atom is 0.184 e. The van der Waals surface area contributed by atoms with E-state index in [1.807, 2.05) is 24.3 Å². The Balaban J connectivity index is 0.000000141. The fourth-order valence-corrected chi connectivity index (χ4v) is 17.4. The molecule has 532 valence electrons. The highest BCUT2D eigenvalue weighted by Crippen LogP contribution is 2.55. The lowest BCUT2D eigenvalue weighted by Crippen LogP contribution is -2.18. The number of halogens is 1. The van der Waals surface area contributed by atoms with Crippen LogP contribution in [-0.2, 0) is 52.1 Å². The van der Waals surface area contributed by atoms with Crippen LogP contribution in [0, 0.1) is 0 Å². The van der Waals surface area contributed by atoms with E-state index in [0.29, 0.717) is 39.6 Å². The molecule has 20 rings (SSSR count). The third kappa shape index (κ3) is 13.3. The molecule has 0 bridgehead atoms. The molecule has 0 atom stereocenters. The standard InChI is InChI=1S/C53H44N2O4.C37H30.C9H9BrO2/c1-53(2)47-33-41(54(49-21-9-13-35-11-3-5-19-43(35)49)39-17-7-15-37(31-39)51-56-27-28-57-51)23-25-45(47)46-26-24-42(34-48(46)53)55(50-22-10-14-36-12-4-6-20-44(36)50)40-18-8-16-38(32-40)52-58-29-30-59-52;1-37(2)35-23-25(21-29-13-7-11-27-9-3-5-15-31(27)29)17-19-33(35)34-20-18-26(24-36(34)37)22-30-14-8-12-28-10-4-6-16-32(28)30;10-8-3-1-2-7(6-8)9-11-4-5-12-9/h3-26,31-34,51-52H,27-30H2,1-2H3;3-20,23-24H,21-22H2,1-2H3;1-3,6,9H,4-5H2. The van der Waals surface area contributed by atoms with E-state index in [1.54, 1.807) is 0 Å². The Kier molecular flexibility index (Phi) is 18.8. The average Bonchev–Trinajstić information content (AvgIpc) is 1.57. The van der Waals surface area contributed by atoms with Crippen LogP contribution in [0.25, 0.3) is 65.3 Å². The minimum atomic E-state index is -0.368. The Bertz CT molecular complexity index is 5540. The number of hydrogen-bond donors (Lipinski definition) is 0. The van der Waals surface area contributed by atoms with Crippen LogP contribution in [0.5, 0.6) is 0 Å². The van der Waals surface area contributed by atoms with Gasteiger partial charge in [-0.15, -0.1) is 0 Å². The number of hydrogen-bond acceptors (Lipinski definition) is 8. The maximum absolute atomic E-state index is 5.96. The zero-order chi connectivity index (χ0) is 72.9. The molecule has 8 nitrogen and oxygen atoms in total. The molecule has 2 aliphatic carbocycles. The Morgan fingerprint density at radius 2 is 0.593 bits per heavy atom. The Hall–Kier alpha value is -10.8. The summed E-state index contributed by atoms with van der Waals surface area (Å²) in [5.41, 5.74) is 25.6. The zero-order valence-corrected chi connectivity index (χ0v) is 62.7. The first kappa shape index (κ1) is 69.0. The van der Waals surface area contributed by atoms with Crippen LogP contribution in [0.2, 0.25) is 0 Å². The Morgan fingerprint density at radius 1 is 0.287 bits per heavy atom. The van der Waals surface area contributed by atoms with Crippen molar-refractivity contribution in [1.29, 1.82) is 0 Å². The fraction of sp³-hybridized carbons (Fsp3) is 0.172. The van der Waals surface area contributed by atoms with E-state index >= 15 is 0 Å². The second-order valence-corrected chi connectivity index (χ2v) is 30.6. The lowest BCUT2D eigenvalue weighted by Gasteiger charge is -2.30. The number of nitrogens with zero attached hydrogens (tertiary/aromatic N) is 2. The van der Waals surface area contributed by atoms with Gasteiger partial charge < -0.3 is 38.2 Å². The molecule has 0 spiro atoms. The second-order valence-electron chi connectivity index (χ2n) is 29.7. The van der Waals surface area contributed by atoms with E-state index in [4.69, 9.17) is 28.4 Å². The van der Waals surface area contributed by atoms with Gasteiger partial charge in [0.1, 0.15) is 0 Å². The van der Waals surface area contributed by atoms with Crippen molar-refractivity contribution in [2.75, 3.05) is 49.4 Å². The summed E-state index contributed by atoms with van der Waals surface area (Å²) in [6.45, 7) is 13.3. The van der Waals surface area contributed by atoms with Crippen LogP contribution in [0.3, 0.4) is 0 Å². The van der Waals surface area contributed by atoms with Gasteiger partial charge in [-0.05, 0) is 185 Å². The Labute approximate surface area is 640 Å². The number of fused-ring (bicyclic) bond motifs is 10. The minimum absolute atomic E-state index is 0.0196. The van der Waals surface area contributed by atoms with Crippen LogP contribution in [0.4, 0.5) is 34.1 Å². The molecule has 15 aromatic carbocycles. The van der Waals surface area contributed by atoms with Crippen LogP contribution in [0.1, 0.15) is 108 Å². The molecule has 0 amide bonds. The van der Waals surface area contributed by atoms with Crippen molar-refractivity contribution < 1.29 is 28.4 Å². The highest BCUT2D eigenvalue weighted by molar-refractivity contribution is 9.10. The highest BCUT2D eigenvalue weighted by Gasteiger charge is 2.39. The molecule has 0 N–H and O–H groups in total. The average molecular weight is 1480 g/mol. The SMILES string of the molecule is Brc1cccc(C2OCCO2)c1.CC1(C)c2cc(Cc3cccc4ccccc34)ccc2-c2ccc(Cc3cccc4ccccc34)cc21.CC1(C)c2cc(N(c3cccc(C4OCCO4)c3)c3cccc4ccccc34)ccc2-c2ccc(N(c3cccc(C4OCCO4)c3)c3cccc4ccccc34)cc21. The van der Waals surface area contributed by atoms with E-state index in [0.717, 1.165) is 68.1 Å². The molecule has 0 saturated carbocycles. The van der Waals surface area contributed by atoms with Gasteiger partial charge in [-0.1, -0.05) is 286 Å². The van der Waals surface area contributed by atoms with Crippen molar-refractivity contribution in [2.24, 2.45) is 0 Å². The predicted octanol–water partition coefficient (Wildman–Crippen LogP) is 25.3. The largest absolute Gasteiger partial charge is 0.346 e. The monoisotopic (exact) mass is 1470 g/mol. The van der Waals surface area contributed by atoms with Crippen LogP contribution in [-0.4, -0.2) is 39.6 Å². The van der Waals surface area contributed by atoms with Crippen LogP contribution >= 0.6 is 15.9 Å². The van der Waals surface area contributed by atoms with Gasteiger partial charge >= 0.3 is 0 Å². The molecule has 5 aliphatic rings. The molecule has 3 heterocycles. The van der Waals surface area contributed by atoms with Crippen molar-refractivity contribution in [3.05, 3.63) is 381 Å². The van der Waals surface area contributed by atoms with Crippen LogP contribution in [0.15, 0.2) is 320 Å².